The lowest BCUT2D eigenvalue weighted by molar-refractivity contribution is -0.148. The maximum atomic E-state index is 12.0. The van der Waals surface area contributed by atoms with Gasteiger partial charge in [0.1, 0.15) is 5.92 Å². The van der Waals surface area contributed by atoms with Crippen molar-refractivity contribution in [1.29, 1.82) is 0 Å². The Hall–Kier alpha value is -1.36. The van der Waals surface area contributed by atoms with Gasteiger partial charge in [0.25, 0.3) is 0 Å². The Morgan fingerprint density at radius 3 is 2.67 bits per heavy atom. The highest BCUT2D eigenvalue weighted by molar-refractivity contribution is 9.10. The number of halogens is 1. The number of ether oxygens (including phenoxy) is 1. The summed E-state index contributed by atoms with van der Waals surface area (Å²) in [5.74, 6) is -1.62. The van der Waals surface area contributed by atoms with Crippen LogP contribution in [0.4, 0.5) is 5.69 Å². The first kappa shape index (κ1) is 14.7. The van der Waals surface area contributed by atoms with Crippen molar-refractivity contribution in [2.24, 2.45) is 5.92 Å². The van der Waals surface area contributed by atoms with Crippen LogP contribution >= 0.6 is 15.9 Å². The van der Waals surface area contributed by atoms with Gasteiger partial charge in [-0.2, -0.15) is 0 Å². The molecule has 5 heteroatoms. The van der Waals surface area contributed by atoms with E-state index in [-0.39, 0.29) is 5.91 Å². The highest BCUT2D eigenvalue weighted by Gasteiger charge is 2.25. The Labute approximate surface area is 115 Å². The summed E-state index contributed by atoms with van der Waals surface area (Å²) in [4.78, 5) is 23.4. The number of carbonyl (C=O) groups is 2. The minimum absolute atomic E-state index is 0.342. The number of hydrogen-bond acceptors (Lipinski definition) is 3. The molecule has 0 aliphatic heterocycles. The van der Waals surface area contributed by atoms with Crippen LogP contribution in [0.3, 0.4) is 0 Å². The predicted octanol–water partition coefficient (Wildman–Crippen LogP) is 2.90. The first-order valence-electron chi connectivity index (χ1n) is 5.64. The van der Waals surface area contributed by atoms with E-state index >= 15 is 0 Å². The Morgan fingerprint density at radius 1 is 1.44 bits per heavy atom. The number of hydrogen-bond donors (Lipinski definition) is 1. The summed E-state index contributed by atoms with van der Waals surface area (Å²) in [6.07, 6.45) is 0.408. The Balaban J connectivity index is 2.86. The first-order chi connectivity index (χ1) is 8.49. The largest absolute Gasteiger partial charge is 0.468 e. The molecule has 0 spiro atoms. The number of nitrogens with one attached hydrogen (secondary N) is 1. The van der Waals surface area contributed by atoms with E-state index in [4.69, 9.17) is 0 Å². The summed E-state index contributed by atoms with van der Waals surface area (Å²) in [5.41, 5.74) is 1.63. The molecule has 1 aromatic rings. The summed E-state index contributed by atoms with van der Waals surface area (Å²) in [6, 6.07) is 5.58. The number of benzene rings is 1. The summed E-state index contributed by atoms with van der Waals surface area (Å²) in [6.45, 7) is 3.66. The Kier molecular flexibility index (Phi) is 5.34. The molecule has 0 bridgehead atoms. The van der Waals surface area contributed by atoms with Gasteiger partial charge in [0.2, 0.25) is 5.91 Å². The monoisotopic (exact) mass is 313 g/mol. The van der Waals surface area contributed by atoms with Crippen LogP contribution in [-0.2, 0) is 14.3 Å². The van der Waals surface area contributed by atoms with Gasteiger partial charge < -0.3 is 10.1 Å². The zero-order valence-corrected chi connectivity index (χ0v) is 12.2. The van der Waals surface area contributed by atoms with Crippen LogP contribution in [0.2, 0.25) is 0 Å². The zero-order valence-electron chi connectivity index (χ0n) is 10.6. The lowest BCUT2D eigenvalue weighted by atomic mass is 10.1. The third-order valence-electron chi connectivity index (χ3n) is 2.67. The van der Waals surface area contributed by atoms with E-state index in [0.29, 0.717) is 12.1 Å². The number of anilines is 1. The van der Waals surface area contributed by atoms with E-state index in [1.165, 1.54) is 7.11 Å². The van der Waals surface area contributed by atoms with E-state index in [0.717, 1.165) is 10.0 Å². The molecular weight excluding hydrogens is 298 g/mol. The summed E-state index contributed by atoms with van der Waals surface area (Å²) in [5, 5.41) is 2.75. The van der Waals surface area contributed by atoms with Crippen molar-refractivity contribution in [3.63, 3.8) is 0 Å². The quantitative estimate of drug-likeness (QED) is 0.687. The predicted molar refractivity (Wildman–Crippen MR) is 73.3 cm³/mol. The van der Waals surface area contributed by atoms with Crippen molar-refractivity contribution in [1.82, 2.24) is 0 Å². The van der Waals surface area contributed by atoms with Crippen LogP contribution in [0.15, 0.2) is 22.7 Å². The smallest absolute Gasteiger partial charge is 0.318 e. The van der Waals surface area contributed by atoms with Crippen molar-refractivity contribution in [2.75, 3.05) is 12.4 Å². The molecule has 0 radical (unpaired) electrons. The van der Waals surface area contributed by atoms with Crippen molar-refractivity contribution >= 4 is 33.5 Å². The Bertz CT molecular complexity index is 460. The first-order valence-corrected chi connectivity index (χ1v) is 6.43. The van der Waals surface area contributed by atoms with Gasteiger partial charge in [-0.05, 0) is 31.0 Å². The fourth-order valence-corrected chi connectivity index (χ4v) is 1.91. The average Bonchev–Trinajstić information content (AvgIpc) is 2.34. The van der Waals surface area contributed by atoms with Crippen LogP contribution in [0, 0.1) is 12.8 Å². The van der Waals surface area contributed by atoms with Gasteiger partial charge in [-0.3, -0.25) is 9.59 Å². The lowest BCUT2D eigenvalue weighted by Gasteiger charge is -2.14. The minimum Gasteiger partial charge on any atom is -0.468 e. The second-order valence-corrected chi connectivity index (χ2v) is 4.85. The van der Waals surface area contributed by atoms with Crippen LogP contribution in [-0.4, -0.2) is 19.0 Å². The lowest BCUT2D eigenvalue weighted by Crippen LogP contribution is -2.30. The fourth-order valence-electron chi connectivity index (χ4n) is 1.55. The number of methoxy groups -OCH3 is 1. The molecule has 0 saturated heterocycles. The molecule has 0 fully saturated rings. The highest BCUT2D eigenvalue weighted by atomic mass is 79.9. The summed E-state index contributed by atoms with van der Waals surface area (Å²) < 4.78 is 5.48. The second kappa shape index (κ2) is 6.54. The molecular formula is C13H16BrNO3. The van der Waals surface area contributed by atoms with Gasteiger partial charge in [-0.15, -0.1) is 0 Å². The standard InChI is InChI=1S/C13H16BrNO3/c1-4-10(13(17)18-3)12(16)15-11-7-9(14)6-5-8(11)2/h5-7,10H,4H2,1-3H3,(H,15,16). The molecule has 98 valence electrons. The van der Waals surface area contributed by atoms with Gasteiger partial charge in [0, 0.05) is 10.2 Å². The third kappa shape index (κ3) is 3.57. The molecule has 1 unspecified atom stereocenters. The normalized spacial score (nSPS) is 11.8. The SMILES string of the molecule is CCC(C(=O)Nc1cc(Br)ccc1C)C(=O)OC. The zero-order chi connectivity index (χ0) is 13.7. The second-order valence-electron chi connectivity index (χ2n) is 3.93. The van der Waals surface area contributed by atoms with Gasteiger partial charge in [-0.25, -0.2) is 0 Å². The third-order valence-corrected chi connectivity index (χ3v) is 3.16. The molecule has 0 aromatic heterocycles. The van der Waals surface area contributed by atoms with Gasteiger partial charge >= 0.3 is 5.97 Å². The van der Waals surface area contributed by atoms with E-state index in [1.54, 1.807) is 13.0 Å². The van der Waals surface area contributed by atoms with E-state index < -0.39 is 11.9 Å². The maximum absolute atomic E-state index is 12.0. The molecule has 18 heavy (non-hydrogen) atoms. The highest BCUT2D eigenvalue weighted by Crippen LogP contribution is 2.21. The summed E-state index contributed by atoms with van der Waals surface area (Å²) in [7, 11) is 1.28. The van der Waals surface area contributed by atoms with Crippen molar-refractivity contribution < 1.29 is 14.3 Å². The Morgan fingerprint density at radius 2 is 2.11 bits per heavy atom. The van der Waals surface area contributed by atoms with Crippen molar-refractivity contribution in [3.8, 4) is 0 Å². The average molecular weight is 314 g/mol. The maximum Gasteiger partial charge on any atom is 0.318 e. The van der Waals surface area contributed by atoms with Gasteiger partial charge in [0.05, 0.1) is 7.11 Å². The number of aryl methyl sites for hydroxylation is 1. The molecule has 1 aromatic carbocycles. The summed E-state index contributed by atoms with van der Waals surface area (Å²) >= 11 is 3.34. The van der Waals surface area contributed by atoms with Gasteiger partial charge in [-0.1, -0.05) is 28.9 Å². The van der Waals surface area contributed by atoms with E-state index in [9.17, 15) is 9.59 Å². The van der Waals surface area contributed by atoms with E-state index in [1.807, 2.05) is 19.1 Å². The molecule has 0 saturated carbocycles. The molecule has 1 rings (SSSR count). The molecule has 0 aliphatic carbocycles. The van der Waals surface area contributed by atoms with Crippen LogP contribution in [0.25, 0.3) is 0 Å². The molecule has 0 heterocycles. The number of esters is 1. The molecule has 1 amide bonds. The topological polar surface area (TPSA) is 55.4 Å². The van der Waals surface area contributed by atoms with Crippen LogP contribution in [0.5, 0.6) is 0 Å². The molecule has 4 nitrogen and oxygen atoms in total. The van der Waals surface area contributed by atoms with E-state index in [2.05, 4.69) is 26.0 Å². The van der Waals surface area contributed by atoms with Crippen molar-refractivity contribution in [2.45, 2.75) is 20.3 Å². The van der Waals surface area contributed by atoms with Crippen LogP contribution in [0.1, 0.15) is 18.9 Å². The number of amides is 1. The molecule has 0 aliphatic rings. The van der Waals surface area contributed by atoms with Crippen LogP contribution < -0.4 is 5.32 Å². The number of rotatable bonds is 4. The van der Waals surface area contributed by atoms with Gasteiger partial charge in [0.15, 0.2) is 0 Å². The fraction of sp³-hybridized carbons (Fsp3) is 0.385. The molecule has 1 N–H and O–H groups in total. The molecule has 1 atom stereocenters. The minimum atomic E-state index is -0.770. The van der Waals surface area contributed by atoms with Crippen molar-refractivity contribution in [3.05, 3.63) is 28.2 Å². The number of carbonyl (C=O) groups excluding carboxylic acids is 2.